The van der Waals surface area contributed by atoms with E-state index < -0.39 is 20.9 Å². The Morgan fingerprint density at radius 3 is 1.12 bits per heavy atom. The second-order valence-electron chi connectivity index (χ2n) is 16.3. The Hall–Kier alpha value is -2.23. The molecule has 0 amide bonds. The number of benzene rings is 2. The summed E-state index contributed by atoms with van der Waals surface area (Å²) in [4.78, 5) is 25.6. The second kappa shape index (κ2) is 16.2. The summed E-state index contributed by atoms with van der Waals surface area (Å²) in [6.07, 6.45) is 13.8. The van der Waals surface area contributed by atoms with Gasteiger partial charge in [-0.15, -0.1) is 0 Å². The van der Waals surface area contributed by atoms with Gasteiger partial charge >= 0.3 is 266 Å². The summed E-state index contributed by atoms with van der Waals surface area (Å²) in [6.45, 7) is 12.5. The fourth-order valence-electron chi connectivity index (χ4n) is 10.8. The van der Waals surface area contributed by atoms with Gasteiger partial charge in [0.05, 0.1) is 0 Å². The molecule has 0 unspecified atom stereocenters. The van der Waals surface area contributed by atoms with Gasteiger partial charge in [-0.3, -0.25) is 0 Å². The largest absolute Gasteiger partial charge is 0.0656 e. The van der Waals surface area contributed by atoms with E-state index in [2.05, 4.69) is 52.0 Å². The predicted octanol–water partition coefficient (Wildman–Crippen LogP) is 8.06. The molecule has 6 nitrogen and oxygen atoms in total. The van der Waals surface area contributed by atoms with Gasteiger partial charge in [-0.1, -0.05) is 34.1 Å². The first-order valence-corrected chi connectivity index (χ1v) is 22.0. The van der Waals surface area contributed by atoms with Crippen LogP contribution >= 0.6 is 0 Å². The van der Waals surface area contributed by atoms with Crippen molar-refractivity contribution in [1.82, 2.24) is 0 Å². The number of esters is 2. The van der Waals surface area contributed by atoms with E-state index in [0.717, 1.165) is 23.7 Å². The molecule has 0 aromatic heterocycles. The predicted molar refractivity (Wildman–Crippen MR) is 199 cm³/mol. The third-order valence-electron chi connectivity index (χ3n) is 12.8. The van der Waals surface area contributed by atoms with E-state index in [0.29, 0.717) is 35.2 Å². The zero-order valence-electron chi connectivity index (χ0n) is 31.3. The zero-order valence-corrected chi connectivity index (χ0v) is 33.6. The first kappa shape index (κ1) is 37.5. The van der Waals surface area contributed by atoms with E-state index in [1.54, 1.807) is 0 Å². The number of hydrogen-bond donors (Lipinski definition) is 0. The SMILES string of the molecule is CC.CC1(OC(=O)COc2ccc([Te]c3ccc(OCC(=O)OC4(C)C5CC6CC(C5)CC4C6)cc3)cc2)C2CC3CC(C2)CC1C3.CCC. The average molecular weight is 801 g/mol. The molecular formula is C43H60O6Te. The molecule has 0 heterocycles. The van der Waals surface area contributed by atoms with Crippen molar-refractivity contribution in [2.24, 2.45) is 47.3 Å². The molecule has 8 aliphatic carbocycles. The maximum atomic E-state index is 12.8. The van der Waals surface area contributed by atoms with Gasteiger partial charge in [-0.05, 0) is 12.8 Å². The number of carbonyl (C=O) groups is 2. The van der Waals surface area contributed by atoms with Gasteiger partial charge in [0.25, 0.3) is 0 Å². The molecule has 8 aliphatic rings. The Morgan fingerprint density at radius 1 is 0.560 bits per heavy atom. The molecule has 7 heteroatoms. The minimum Gasteiger partial charge on any atom is -0.0656 e. The topological polar surface area (TPSA) is 71.1 Å². The first-order valence-electron chi connectivity index (χ1n) is 19.7. The van der Waals surface area contributed by atoms with Crippen molar-refractivity contribution in [1.29, 1.82) is 0 Å². The van der Waals surface area contributed by atoms with Crippen LogP contribution in [0.5, 0.6) is 11.5 Å². The van der Waals surface area contributed by atoms with Crippen LogP contribution in [0.3, 0.4) is 0 Å². The van der Waals surface area contributed by atoms with Crippen molar-refractivity contribution in [2.75, 3.05) is 13.2 Å². The molecule has 0 atom stereocenters. The fraction of sp³-hybridized carbons (Fsp3) is 0.674. The van der Waals surface area contributed by atoms with Crippen molar-refractivity contribution >= 4 is 40.1 Å². The van der Waals surface area contributed by atoms with Gasteiger partial charge in [0.15, 0.2) is 0 Å². The molecule has 8 fully saturated rings. The van der Waals surface area contributed by atoms with Gasteiger partial charge in [-0.25, -0.2) is 0 Å². The van der Waals surface area contributed by atoms with E-state index in [-0.39, 0.29) is 36.4 Å². The Balaban J connectivity index is 0.000000822. The molecule has 0 saturated heterocycles. The molecule has 50 heavy (non-hydrogen) atoms. The molecule has 0 aliphatic heterocycles. The average Bonchev–Trinajstić information content (AvgIpc) is 3.10. The Morgan fingerprint density at radius 2 is 0.840 bits per heavy atom. The van der Waals surface area contributed by atoms with Gasteiger partial charge < -0.3 is 0 Å². The summed E-state index contributed by atoms with van der Waals surface area (Å²) in [5.74, 6) is 6.32. The zero-order chi connectivity index (χ0) is 35.5. The number of ether oxygens (including phenoxy) is 4. The van der Waals surface area contributed by atoms with E-state index in [1.807, 2.05) is 38.1 Å². The van der Waals surface area contributed by atoms with Crippen LogP contribution in [0.15, 0.2) is 48.5 Å². The van der Waals surface area contributed by atoms with Crippen molar-refractivity contribution in [3.63, 3.8) is 0 Å². The molecule has 10 rings (SSSR count). The van der Waals surface area contributed by atoms with Crippen molar-refractivity contribution in [3.8, 4) is 11.5 Å². The molecule has 2 aromatic rings. The number of carbonyl (C=O) groups excluding carboxylic acids is 2. The van der Waals surface area contributed by atoms with E-state index >= 15 is 0 Å². The van der Waals surface area contributed by atoms with Crippen LogP contribution in [0.1, 0.15) is 112 Å². The third kappa shape index (κ3) is 8.20. The molecule has 0 N–H and O–H groups in total. The summed E-state index contributed by atoms with van der Waals surface area (Å²) in [7, 11) is 0. The Kier molecular flexibility index (Phi) is 12.2. The summed E-state index contributed by atoms with van der Waals surface area (Å²) in [6, 6.07) is 16.2. The van der Waals surface area contributed by atoms with E-state index in [4.69, 9.17) is 18.9 Å². The maximum absolute atomic E-state index is 12.8. The van der Waals surface area contributed by atoms with Crippen LogP contribution in [0.4, 0.5) is 0 Å². The standard InChI is InChI=1S/C38H46O6Te.C3H8.C2H6/c1-37(27-13-23-11-24(15-27)16-28(37)14-23)43-35(39)21-41-31-3-7-33(8-4-31)45-34-9-5-32(6-10-34)42-22-36(40)44-38(2)29-17-25-12-26(19-29)20-30(38)18-25;1-3-2;1-2/h3-10,23-30H,11-22H2,1-2H3;3H2,1-2H3;1-2H3. The van der Waals surface area contributed by atoms with Crippen molar-refractivity contribution in [3.05, 3.63) is 48.5 Å². The Bertz CT molecular complexity index is 1270. The van der Waals surface area contributed by atoms with Gasteiger partial charge in [0.1, 0.15) is 0 Å². The van der Waals surface area contributed by atoms with Crippen LogP contribution in [-0.2, 0) is 19.1 Å². The van der Waals surface area contributed by atoms with Gasteiger partial charge in [0.2, 0.25) is 0 Å². The summed E-state index contributed by atoms with van der Waals surface area (Å²) < 4.78 is 26.5. The summed E-state index contributed by atoms with van der Waals surface area (Å²) >= 11 is -0.597. The fourth-order valence-corrected chi connectivity index (χ4v) is 13.1. The third-order valence-corrected chi connectivity index (χ3v) is 15.7. The maximum Gasteiger partial charge on any atom is -0.0590 e. The smallest absolute Gasteiger partial charge is 0.0590 e. The van der Waals surface area contributed by atoms with Crippen LogP contribution < -0.4 is 16.7 Å². The summed E-state index contributed by atoms with van der Waals surface area (Å²) in [5, 5.41) is 0. The molecular weight excluding hydrogens is 740 g/mol. The summed E-state index contributed by atoms with van der Waals surface area (Å²) in [5.41, 5.74) is -0.640. The van der Waals surface area contributed by atoms with E-state index in [1.165, 1.54) is 77.9 Å². The van der Waals surface area contributed by atoms with Crippen LogP contribution in [0.25, 0.3) is 0 Å². The van der Waals surface area contributed by atoms with Gasteiger partial charge in [-0.2, -0.15) is 0 Å². The van der Waals surface area contributed by atoms with Crippen LogP contribution in [0.2, 0.25) is 0 Å². The number of hydrogen-bond acceptors (Lipinski definition) is 6. The quantitative estimate of drug-likeness (QED) is 0.179. The van der Waals surface area contributed by atoms with Gasteiger partial charge in [0, 0.05) is 0 Å². The van der Waals surface area contributed by atoms with Crippen molar-refractivity contribution < 1.29 is 28.5 Å². The van der Waals surface area contributed by atoms with Crippen LogP contribution in [0, 0.1) is 47.3 Å². The van der Waals surface area contributed by atoms with E-state index in [9.17, 15) is 9.59 Å². The molecule has 8 bridgehead atoms. The minimum absolute atomic E-state index is 0.0474. The molecule has 2 aromatic carbocycles. The number of rotatable bonds is 10. The molecule has 8 saturated carbocycles. The minimum atomic E-state index is -0.597. The normalized spacial score (nSPS) is 35.2. The van der Waals surface area contributed by atoms with Crippen molar-refractivity contribution in [2.45, 2.75) is 123 Å². The monoisotopic (exact) mass is 802 g/mol. The van der Waals surface area contributed by atoms with Crippen LogP contribution in [-0.4, -0.2) is 57.3 Å². The molecule has 0 radical (unpaired) electrons. The molecule has 0 spiro atoms. The Labute approximate surface area is 311 Å². The molecule has 274 valence electrons. The second-order valence-corrected chi connectivity index (χ2v) is 19.5. The first-order chi connectivity index (χ1) is 24.1.